The maximum Gasteiger partial charge on any atom is 0.271 e. The molecule has 1 amide bonds. The zero-order valence-electron chi connectivity index (χ0n) is 16.2. The van der Waals surface area contributed by atoms with E-state index >= 15 is 0 Å². The number of carbonyl (C=O) groups excluding carboxylic acids is 1. The molecular formula is C20H28N4O3. The molecule has 0 radical (unpaired) electrons. The molecule has 1 aliphatic heterocycles. The summed E-state index contributed by atoms with van der Waals surface area (Å²) in [6, 6.07) is 7.61. The average molecular weight is 372 g/mol. The Labute approximate surface area is 160 Å². The van der Waals surface area contributed by atoms with Gasteiger partial charge in [0.05, 0.1) is 20.3 Å². The van der Waals surface area contributed by atoms with E-state index < -0.39 is 0 Å². The van der Waals surface area contributed by atoms with Crippen LogP contribution in [0.4, 0.5) is 0 Å². The second-order valence-corrected chi connectivity index (χ2v) is 7.02. The number of benzene rings is 1. The number of methoxy groups -OCH3 is 1. The number of H-pyrrole nitrogens is 1. The minimum Gasteiger partial charge on any atom is -0.497 e. The Morgan fingerprint density at radius 3 is 2.93 bits per heavy atom. The summed E-state index contributed by atoms with van der Waals surface area (Å²) in [6.45, 7) is 9.09. The van der Waals surface area contributed by atoms with Crippen molar-refractivity contribution in [2.24, 2.45) is 5.92 Å². The van der Waals surface area contributed by atoms with E-state index in [1.54, 1.807) is 7.11 Å². The number of aromatic amines is 1. The standard InChI is InChI=1S/C20H28N4O3/c1-14(13-24-7-9-27-10-8-24)12-21-20(25)18-15(2)22-19(23-18)16-5-4-6-17(11-16)26-3/h4-6,11,14H,7-10,12-13H2,1-3H3,(H,21,25)(H,22,23)/t14-/m0/s1. The van der Waals surface area contributed by atoms with Gasteiger partial charge in [0, 0.05) is 37.4 Å². The molecule has 2 N–H and O–H groups in total. The van der Waals surface area contributed by atoms with Crippen LogP contribution < -0.4 is 10.1 Å². The molecule has 27 heavy (non-hydrogen) atoms. The smallest absolute Gasteiger partial charge is 0.271 e. The average Bonchev–Trinajstić information content (AvgIpc) is 3.09. The molecule has 1 aromatic carbocycles. The molecule has 1 fully saturated rings. The Morgan fingerprint density at radius 1 is 1.41 bits per heavy atom. The molecule has 1 atom stereocenters. The van der Waals surface area contributed by atoms with Crippen LogP contribution in [0.2, 0.25) is 0 Å². The lowest BCUT2D eigenvalue weighted by molar-refractivity contribution is 0.0317. The van der Waals surface area contributed by atoms with Crippen LogP contribution in [0.5, 0.6) is 5.75 Å². The zero-order valence-corrected chi connectivity index (χ0v) is 16.2. The molecule has 7 nitrogen and oxygen atoms in total. The summed E-state index contributed by atoms with van der Waals surface area (Å²) in [4.78, 5) is 22.6. The van der Waals surface area contributed by atoms with Gasteiger partial charge in [-0.05, 0) is 25.0 Å². The topological polar surface area (TPSA) is 79.5 Å². The molecule has 0 saturated carbocycles. The first-order chi connectivity index (χ1) is 13.1. The van der Waals surface area contributed by atoms with Gasteiger partial charge in [-0.25, -0.2) is 4.98 Å². The first-order valence-electron chi connectivity index (χ1n) is 9.36. The number of morpholine rings is 1. The van der Waals surface area contributed by atoms with Crippen molar-refractivity contribution >= 4 is 5.91 Å². The van der Waals surface area contributed by atoms with Gasteiger partial charge in [0.25, 0.3) is 5.91 Å². The highest BCUT2D eigenvalue weighted by molar-refractivity contribution is 5.94. The molecule has 7 heteroatoms. The summed E-state index contributed by atoms with van der Waals surface area (Å²) in [5, 5.41) is 3.01. The van der Waals surface area contributed by atoms with Gasteiger partial charge in [0.1, 0.15) is 17.3 Å². The van der Waals surface area contributed by atoms with Crippen molar-refractivity contribution in [3.05, 3.63) is 35.7 Å². The lowest BCUT2D eigenvalue weighted by Crippen LogP contribution is -2.41. The van der Waals surface area contributed by atoms with Gasteiger partial charge in [-0.2, -0.15) is 0 Å². The number of amides is 1. The largest absolute Gasteiger partial charge is 0.497 e. The van der Waals surface area contributed by atoms with Crippen LogP contribution in [0.15, 0.2) is 24.3 Å². The number of aryl methyl sites for hydroxylation is 1. The molecule has 3 rings (SSSR count). The van der Waals surface area contributed by atoms with Crippen molar-refractivity contribution in [3.8, 4) is 17.1 Å². The minimum absolute atomic E-state index is 0.147. The summed E-state index contributed by atoms with van der Waals surface area (Å²) in [6.07, 6.45) is 0. The summed E-state index contributed by atoms with van der Waals surface area (Å²) < 4.78 is 10.6. The molecule has 1 aromatic heterocycles. The van der Waals surface area contributed by atoms with E-state index in [-0.39, 0.29) is 5.91 Å². The number of aromatic nitrogens is 2. The molecule has 146 valence electrons. The predicted molar refractivity (Wildman–Crippen MR) is 104 cm³/mol. The number of hydrogen-bond acceptors (Lipinski definition) is 5. The van der Waals surface area contributed by atoms with Crippen molar-refractivity contribution in [2.45, 2.75) is 13.8 Å². The number of ether oxygens (including phenoxy) is 2. The molecule has 1 aliphatic rings. The Bertz CT molecular complexity index is 768. The van der Waals surface area contributed by atoms with E-state index in [1.807, 2.05) is 31.2 Å². The number of hydrogen-bond donors (Lipinski definition) is 2. The van der Waals surface area contributed by atoms with Gasteiger partial charge >= 0.3 is 0 Å². The number of imidazole rings is 1. The minimum atomic E-state index is -0.147. The van der Waals surface area contributed by atoms with Gasteiger partial charge in [0.15, 0.2) is 0 Å². The summed E-state index contributed by atoms with van der Waals surface area (Å²) >= 11 is 0. The lowest BCUT2D eigenvalue weighted by atomic mass is 10.1. The summed E-state index contributed by atoms with van der Waals surface area (Å²) in [5.41, 5.74) is 2.08. The third kappa shape index (κ3) is 5.08. The fourth-order valence-corrected chi connectivity index (χ4v) is 3.23. The van der Waals surface area contributed by atoms with Crippen LogP contribution in [0.1, 0.15) is 23.1 Å². The summed E-state index contributed by atoms with van der Waals surface area (Å²) in [7, 11) is 1.63. The van der Waals surface area contributed by atoms with Crippen molar-refractivity contribution in [1.82, 2.24) is 20.2 Å². The fourth-order valence-electron chi connectivity index (χ4n) is 3.23. The summed E-state index contributed by atoms with van der Waals surface area (Å²) in [5.74, 6) is 1.64. The molecule has 0 aliphatic carbocycles. The SMILES string of the molecule is COc1cccc(-c2nc(C(=O)NC[C@H](C)CN3CCOCC3)c(C)[nH]2)c1. The predicted octanol–water partition coefficient (Wildman–Crippen LogP) is 2.09. The maximum absolute atomic E-state index is 12.6. The van der Waals surface area contributed by atoms with Gasteiger partial charge in [-0.1, -0.05) is 19.1 Å². The van der Waals surface area contributed by atoms with Gasteiger partial charge in [0.2, 0.25) is 0 Å². The zero-order chi connectivity index (χ0) is 19.2. The molecule has 2 heterocycles. The van der Waals surface area contributed by atoms with Crippen LogP contribution in [-0.4, -0.2) is 67.3 Å². The van der Waals surface area contributed by atoms with Gasteiger partial charge in [-0.15, -0.1) is 0 Å². The second kappa shape index (κ2) is 9.01. The van der Waals surface area contributed by atoms with E-state index in [2.05, 4.69) is 27.1 Å². The van der Waals surface area contributed by atoms with E-state index in [1.165, 1.54) is 0 Å². The fraction of sp³-hybridized carbons (Fsp3) is 0.500. The van der Waals surface area contributed by atoms with Gasteiger partial charge in [-0.3, -0.25) is 9.69 Å². The maximum atomic E-state index is 12.6. The molecule has 2 aromatic rings. The first-order valence-corrected chi connectivity index (χ1v) is 9.36. The lowest BCUT2D eigenvalue weighted by Gasteiger charge is -2.29. The molecular weight excluding hydrogens is 344 g/mol. The Kier molecular flexibility index (Phi) is 6.47. The highest BCUT2D eigenvalue weighted by Crippen LogP contribution is 2.22. The molecule has 0 spiro atoms. The molecule has 0 bridgehead atoms. The van der Waals surface area contributed by atoms with Crippen LogP contribution >= 0.6 is 0 Å². The van der Waals surface area contributed by atoms with Crippen LogP contribution in [-0.2, 0) is 4.74 Å². The highest BCUT2D eigenvalue weighted by Gasteiger charge is 2.18. The first kappa shape index (κ1) is 19.4. The van der Waals surface area contributed by atoms with E-state index in [0.29, 0.717) is 24.0 Å². The second-order valence-electron chi connectivity index (χ2n) is 7.02. The Hall–Kier alpha value is -2.38. The van der Waals surface area contributed by atoms with E-state index in [0.717, 1.165) is 49.9 Å². The number of rotatable bonds is 7. The third-order valence-electron chi connectivity index (χ3n) is 4.73. The molecule has 0 unspecified atom stereocenters. The van der Waals surface area contributed by atoms with Crippen molar-refractivity contribution in [3.63, 3.8) is 0 Å². The van der Waals surface area contributed by atoms with Crippen molar-refractivity contribution in [2.75, 3.05) is 46.5 Å². The van der Waals surface area contributed by atoms with Gasteiger partial charge < -0.3 is 19.8 Å². The van der Waals surface area contributed by atoms with Crippen LogP contribution in [0.3, 0.4) is 0 Å². The monoisotopic (exact) mass is 372 g/mol. The van der Waals surface area contributed by atoms with E-state index in [9.17, 15) is 4.79 Å². The number of nitrogens with one attached hydrogen (secondary N) is 2. The number of nitrogens with zero attached hydrogens (tertiary/aromatic N) is 2. The normalized spacial score (nSPS) is 16.1. The quantitative estimate of drug-likeness (QED) is 0.778. The van der Waals surface area contributed by atoms with Crippen LogP contribution in [0, 0.1) is 12.8 Å². The van der Waals surface area contributed by atoms with E-state index in [4.69, 9.17) is 9.47 Å². The Morgan fingerprint density at radius 2 is 2.19 bits per heavy atom. The molecule has 1 saturated heterocycles. The number of carbonyl (C=O) groups is 1. The van der Waals surface area contributed by atoms with Crippen molar-refractivity contribution in [1.29, 1.82) is 0 Å². The van der Waals surface area contributed by atoms with Crippen molar-refractivity contribution < 1.29 is 14.3 Å². The Balaban J connectivity index is 1.59. The third-order valence-corrected chi connectivity index (χ3v) is 4.73. The highest BCUT2D eigenvalue weighted by atomic mass is 16.5. The van der Waals surface area contributed by atoms with Crippen LogP contribution in [0.25, 0.3) is 11.4 Å².